The SMILES string of the molecule is C=CCN1C(=O)[C@@H]2[C@H](C1=O)[C@H]1CC(=O)[C@H]2c2ccccc21. The number of fused-ring (bicyclic) bond motifs is 1. The Kier molecular flexibility index (Phi) is 2.46. The van der Waals surface area contributed by atoms with Gasteiger partial charge in [-0.15, -0.1) is 6.58 Å². The summed E-state index contributed by atoms with van der Waals surface area (Å²) in [5, 5.41) is 0. The van der Waals surface area contributed by atoms with E-state index in [1.54, 1.807) is 6.08 Å². The standard InChI is InChI=1S/C17H15NO3/c1-2-7-18-16(20)14-11-8-12(19)13(15(14)17(18)21)10-6-4-3-5-9(10)11/h2-6,11,13-15H,1,7-8H2/t11-,13+,14+,15-/m0/s1. The lowest BCUT2D eigenvalue weighted by Crippen LogP contribution is -2.44. The molecule has 2 amide bonds. The Morgan fingerprint density at radius 2 is 1.76 bits per heavy atom. The fourth-order valence-electron chi connectivity index (χ4n) is 4.33. The van der Waals surface area contributed by atoms with E-state index in [1.165, 1.54) is 4.90 Å². The van der Waals surface area contributed by atoms with E-state index in [4.69, 9.17) is 0 Å². The first-order valence-corrected chi connectivity index (χ1v) is 7.22. The topological polar surface area (TPSA) is 54.5 Å². The minimum atomic E-state index is -0.501. The van der Waals surface area contributed by atoms with Gasteiger partial charge in [0.2, 0.25) is 11.8 Å². The van der Waals surface area contributed by atoms with Crippen LogP contribution in [0.15, 0.2) is 36.9 Å². The Labute approximate surface area is 122 Å². The second-order valence-corrected chi connectivity index (χ2v) is 6.01. The first-order valence-electron chi connectivity index (χ1n) is 7.22. The van der Waals surface area contributed by atoms with Crippen LogP contribution in [0, 0.1) is 11.8 Å². The highest BCUT2D eigenvalue weighted by atomic mass is 16.2. The molecule has 0 unspecified atom stereocenters. The average Bonchev–Trinajstić information content (AvgIpc) is 2.74. The van der Waals surface area contributed by atoms with Crippen molar-refractivity contribution in [1.29, 1.82) is 0 Å². The molecule has 4 heteroatoms. The zero-order chi connectivity index (χ0) is 14.7. The van der Waals surface area contributed by atoms with Gasteiger partial charge >= 0.3 is 0 Å². The summed E-state index contributed by atoms with van der Waals surface area (Å²) in [6, 6.07) is 7.74. The van der Waals surface area contributed by atoms with Gasteiger partial charge in [-0.25, -0.2) is 0 Å². The molecule has 0 spiro atoms. The fraction of sp³-hybridized carbons (Fsp3) is 0.353. The maximum Gasteiger partial charge on any atom is 0.234 e. The molecule has 0 radical (unpaired) electrons. The molecule has 4 nitrogen and oxygen atoms in total. The highest BCUT2D eigenvalue weighted by molar-refractivity contribution is 6.11. The van der Waals surface area contributed by atoms with Crippen molar-refractivity contribution >= 4 is 17.6 Å². The summed E-state index contributed by atoms with van der Waals surface area (Å²) in [6.45, 7) is 3.84. The van der Waals surface area contributed by atoms with E-state index >= 15 is 0 Å². The van der Waals surface area contributed by atoms with Crippen molar-refractivity contribution in [1.82, 2.24) is 4.90 Å². The van der Waals surface area contributed by atoms with Crippen LogP contribution in [-0.2, 0) is 14.4 Å². The highest BCUT2D eigenvalue weighted by Gasteiger charge is 2.62. The van der Waals surface area contributed by atoms with Gasteiger partial charge in [-0.3, -0.25) is 19.3 Å². The van der Waals surface area contributed by atoms with Crippen molar-refractivity contribution in [2.45, 2.75) is 18.3 Å². The molecule has 1 aromatic carbocycles. The zero-order valence-corrected chi connectivity index (χ0v) is 11.5. The zero-order valence-electron chi connectivity index (χ0n) is 11.5. The second-order valence-electron chi connectivity index (χ2n) is 6.01. The summed E-state index contributed by atoms with van der Waals surface area (Å²) in [4.78, 5) is 38.8. The molecule has 106 valence electrons. The molecular formula is C17H15NO3. The van der Waals surface area contributed by atoms with Gasteiger partial charge in [0.05, 0.1) is 17.8 Å². The Balaban J connectivity index is 1.88. The molecule has 1 saturated heterocycles. The smallest absolute Gasteiger partial charge is 0.234 e. The van der Waals surface area contributed by atoms with Crippen LogP contribution >= 0.6 is 0 Å². The second kappa shape index (κ2) is 4.13. The molecule has 2 bridgehead atoms. The molecule has 1 aromatic rings. The fourth-order valence-corrected chi connectivity index (χ4v) is 4.33. The molecule has 21 heavy (non-hydrogen) atoms. The van der Waals surface area contributed by atoms with Crippen molar-refractivity contribution in [2.75, 3.05) is 6.54 Å². The Morgan fingerprint density at radius 3 is 2.48 bits per heavy atom. The third-order valence-electron chi connectivity index (χ3n) is 5.09. The predicted octanol–water partition coefficient (Wildman–Crippen LogP) is 1.63. The number of likely N-dealkylation sites (tertiary alicyclic amines) is 1. The van der Waals surface area contributed by atoms with E-state index < -0.39 is 11.8 Å². The van der Waals surface area contributed by atoms with Crippen molar-refractivity contribution in [3.8, 4) is 0 Å². The van der Waals surface area contributed by atoms with Crippen LogP contribution in [0.1, 0.15) is 29.4 Å². The van der Waals surface area contributed by atoms with Crippen LogP contribution in [-0.4, -0.2) is 29.0 Å². The third-order valence-corrected chi connectivity index (χ3v) is 5.09. The van der Waals surface area contributed by atoms with E-state index in [1.807, 2.05) is 24.3 Å². The van der Waals surface area contributed by atoms with Crippen molar-refractivity contribution < 1.29 is 14.4 Å². The molecule has 5 rings (SSSR count). The summed E-state index contributed by atoms with van der Waals surface area (Å²) < 4.78 is 0. The maximum absolute atomic E-state index is 12.6. The summed E-state index contributed by atoms with van der Waals surface area (Å²) >= 11 is 0. The predicted molar refractivity (Wildman–Crippen MR) is 75.4 cm³/mol. The van der Waals surface area contributed by atoms with Crippen LogP contribution in [0.2, 0.25) is 0 Å². The lowest BCUT2D eigenvalue weighted by molar-refractivity contribution is -0.139. The van der Waals surface area contributed by atoms with Gasteiger partial charge < -0.3 is 0 Å². The van der Waals surface area contributed by atoms with Crippen LogP contribution in [0.3, 0.4) is 0 Å². The van der Waals surface area contributed by atoms with Gasteiger partial charge in [-0.05, 0) is 11.1 Å². The van der Waals surface area contributed by atoms with Gasteiger partial charge in [-0.2, -0.15) is 0 Å². The number of Topliss-reactive ketones (excluding diaryl/α,β-unsaturated/α-hetero) is 1. The Bertz CT molecular complexity index is 693. The van der Waals surface area contributed by atoms with Crippen LogP contribution < -0.4 is 0 Å². The Hall–Kier alpha value is -2.23. The number of nitrogens with zero attached hydrogens (tertiary/aromatic N) is 1. The highest BCUT2D eigenvalue weighted by Crippen LogP contribution is 2.57. The number of amides is 2. The number of hydrogen-bond acceptors (Lipinski definition) is 3. The van der Waals surface area contributed by atoms with Crippen LogP contribution in [0.25, 0.3) is 0 Å². The van der Waals surface area contributed by atoms with Gasteiger partial charge in [0.1, 0.15) is 5.78 Å². The van der Waals surface area contributed by atoms with Gasteiger partial charge in [0.25, 0.3) is 0 Å². The van der Waals surface area contributed by atoms with Gasteiger partial charge in [0.15, 0.2) is 0 Å². The normalized spacial score (nSPS) is 33.1. The number of rotatable bonds is 2. The first kappa shape index (κ1) is 12.5. The minimum Gasteiger partial charge on any atom is -0.299 e. The molecule has 3 aliphatic carbocycles. The van der Waals surface area contributed by atoms with E-state index in [0.29, 0.717) is 6.42 Å². The minimum absolute atomic E-state index is 0.0987. The number of ketones is 1. The molecule has 4 aliphatic rings. The summed E-state index contributed by atoms with van der Waals surface area (Å²) in [5.74, 6) is -1.70. The Morgan fingerprint density at radius 1 is 1.10 bits per heavy atom. The molecule has 0 N–H and O–H groups in total. The number of carbonyl (C=O) groups excluding carboxylic acids is 3. The number of benzene rings is 1. The lowest BCUT2D eigenvalue weighted by Gasteiger charge is -2.43. The molecule has 1 saturated carbocycles. The molecule has 1 heterocycles. The maximum atomic E-state index is 12.6. The molecule has 1 aliphatic heterocycles. The summed E-state index contributed by atoms with van der Waals surface area (Å²) in [6.07, 6.45) is 1.94. The quantitative estimate of drug-likeness (QED) is 0.611. The number of hydrogen-bond donors (Lipinski definition) is 0. The number of carbonyl (C=O) groups is 3. The summed E-state index contributed by atoms with van der Waals surface area (Å²) in [5.41, 5.74) is 2.02. The third kappa shape index (κ3) is 1.42. The van der Waals surface area contributed by atoms with E-state index in [-0.39, 0.29) is 36.0 Å². The van der Waals surface area contributed by atoms with Crippen LogP contribution in [0.4, 0.5) is 0 Å². The largest absolute Gasteiger partial charge is 0.299 e. The first-order chi connectivity index (χ1) is 10.1. The van der Waals surface area contributed by atoms with E-state index in [9.17, 15) is 14.4 Å². The van der Waals surface area contributed by atoms with E-state index in [0.717, 1.165) is 11.1 Å². The van der Waals surface area contributed by atoms with Gasteiger partial charge in [0, 0.05) is 18.9 Å². The summed E-state index contributed by atoms with van der Waals surface area (Å²) in [7, 11) is 0. The van der Waals surface area contributed by atoms with Crippen molar-refractivity contribution in [3.63, 3.8) is 0 Å². The molecule has 4 atom stereocenters. The van der Waals surface area contributed by atoms with Crippen molar-refractivity contribution in [3.05, 3.63) is 48.0 Å². The molecule has 0 aromatic heterocycles. The molecule has 2 fully saturated rings. The lowest BCUT2D eigenvalue weighted by atomic mass is 9.56. The van der Waals surface area contributed by atoms with Crippen molar-refractivity contribution in [2.24, 2.45) is 11.8 Å². The molecular weight excluding hydrogens is 266 g/mol. The van der Waals surface area contributed by atoms with Gasteiger partial charge in [-0.1, -0.05) is 30.3 Å². The van der Waals surface area contributed by atoms with E-state index in [2.05, 4.69) is 6.58 Å². The monoisotopic (exact) mass is 281 g/mol. The number of imide groups is 1. The van der Waals surface area contributed by atoms with Crippen LogP contribution in [0.5, 0.6) is 0 Å². The average molecular weight is 281 g/mol.